The molecule has 15 heavy (non-hydrogen) atoms. The van der Waals surface area contributed by atoms with Crippen molar-refractivity contribution in [1.82, 2.24) is 0 Å². The fourth-order valence-corrected chi connectivity index (χ4v) is 1.92. The van der Waals surface area contributed by atoms with E-state index in [4.69, 9.17) is 0 Å². The normalized spacial score (nSPS) is 25.0. The van der Waals surface area contributed by atoms with Crippen molar-refractivity contribution in [3.8, 4) is 0 Å². The average Bonchev–Trinajstić information content (AvgIpc) is 2.11. The molecule has 1 rings (SSSR count). The number of hydrogen-bond donors (Lipinski definition) is 0. The highest BCUT2D eigenvalue weighted by molar-refractivity contribution is 5.87. The molecule has 1 heteroatoms. The predicted molar refractivity (Wildman–Crippen MR) is 64.6 cm³/mol. The van der Waals surface area contributed by atoms with Gasteiger partial charge in [0.15, 0.2) is 5.78 Å². The molecule has 0 bridgehead atoms. The quantitative estimate of drug-likeness (QED) is 0.627. The molecule has 0 saturated carbocycles. The van der Waals surface area contributed by atoms with Crippen molar-refractivity contribution in [1.29, 1.82) is 0 Å². The van der Waals surface area contributed by atoms with Crippen LogP contribution in [-0.4, -0.2) is 5.78 Å². The van der Waals surface area contributed by atoms with Gasteiger partial charge in [0.05, 0.1) is 0 Å². The first-order valence-electron chi connectivity index (χ1n) is 5.44. The van der Waals surface area contributed by atoms with Crippen LogP contribution in [0, 0.1) is 11.3 Å². The lowest BCUT2D eigenvalue weighted by Crippen LogP contribution is -2.25. The van der Waals surface area contributed by atoms with Crippen molar-refractivity contribution in [3.63, 3.8) is 0 Å². The largest absolute Gasteiger partial charge is 0.295 e. The molecule has 0 saturated heterocycles. The number of carbonyl (C=O) groups is 1. The maximum Gasteiger partial charge on any atom is 0.152 e. The predicted octanol–water partition coefficient (Wildman–Crippen LogP) is 3.68. The highest BCUT2D eigenvalue weighted by Gasteiger charge is 2.30. The third kappa shape index (κ3) is 2.47. The summed E-state index contributed by atoms with van der Waals surface area (Å²) >= 11 is 0. The molecule has 0 aromatic rings. The molecule has 0 amide bonds. The lowest BCUT2D eigenvalue weighted by molar-refractivity contribution is -0.112. The van der Waals surface area contributed by atoms with Crippen LogP contribution < -0.4 is 0 Å². The summed E-state index contributed by atoms with van der Waals surface area (Å²) in [6, 6.07) is 0. The van der Waals surface area contributed by atoms with E-state index < -0.39 is 0 Å². The minimum absolute atomic E-state index is 0.105. The van der Waals surface area contributed by atoms with E-state index in [2.05, 4.69) is 39.8 Å². The molecule has 1 aliphatic carbocycles. The van der Waals surface area contributed by atoms with Crippen molar-refractivity contribution in [2.24, 2.45) is 11.3 Å². The van der Waals surface area contributed by atoms with Crippen LogP contribution in [0.1, 0.15) is 34.6 Å². The summed E-state index contributed by atoms with van der Waals surface area (Å²) in [4.78, 5) is 11.0. The Morgan fingerprint density at radius 1 is 1.47 bits per heavy atom. The van der Waals surface area contributed by atoms with Crippen LogP contribution in [0.25, 0.3) is 0 Å². The lowest BCUT2D eigenvalue weighted by atomic mass is 9.69. The molecule has 0 spiro atoms. The van der Waals surface area contributed by atoms with E-state index in [1.165, 1.54) is 11.1 Å². The van der Waals surface area contributed by atoms with Crippen LogP contribution in [0.2, 0.25) is 0 Å². The number of hydrogen-bond acceptors (Lipinski definition) is 1. The SMILES string of the molecule is CC(=O)C=CC1=C(C)C=CC(C)C1(C)C. The molecule has 0 radical (unpaired) electrons. The summed E-state index contributed by atoms with van der Waals surface area (Å²) in [6.07, 6.45) is 8.01. The summed E-state index contributed by atoms with van der Waals surface area (Å²) in [5.74, 6) is 0.612. The van der Waals surface area contributed by atoms with Gasteiger partial charge in [-0.05, 0) is 42.4 Å². The van der Waals surface area contributed by atoms with Crippen molar-refractivity contribution in [3.05, 3.63) is 35.5 Å². The highest BCUT2D eigenvalue weighted by Crippen LogP contribution is 2.41. The zero-order chi connectivity index (χ0) is 11.6. The molecule has 0 heterocycles. The monoisotopic (exact) mass is 204 g/mol. The van der Waals surface area contributed by atoms with Gasteiger partial charge in [0, 0.05) is 0 Å². The Morgan fingerprint density at radius 3 is 2.60 bits per heavy atom. The van der Waals surface area contributed by atoms with Crippen LogP contribution in [0.3, 0.4) is 0 Å². The van der Waals surface area contributed by atoms with Crippen LogP contribution in [0.4, 0.5) is 0 Å². The Morgan fingerprint density at radius 2 is 2.07 bits per heavy atom. The van der Waals surface area contributed by atoms with Crippen molar-refractivity contribution >= 4 is 5.78 Å². The number of ketones is 1. The van der Waals surface area contributed by atoms with Gasteiger partial charge in [-0.3, -0.25) is 4.79 Å². The van der Waals surface area contributed by atoms with Gasteiger partial charge in [0.1, 0.15) is 0 Å². The second-order valence-electron chi connectivity index (χ2n) is 4.91. The molecule has 0 aromatic carbocycles. The van der Waals surface area contributed by atoms with Gasteiger partial charge >= 0.3 is 0 Å². The summed E-state index contributed by atoms with van der Waals surface area (Å²) in [5, 5.41) is 0. The third-order valence-electron chi connectivity index (χ3n) is 3.38. The Hall–Kier alpha value is -1.11. The highest BCUT2D eigenvalue weighted by atomic mass is 16.1. The number of allylic oxidation sites excluding steroid dienone is 6. The average molecular weight is 204 g/mol. The van der Waals surface area contributed by atoms with Gasteiger partial charge < -0.3 is 0 Å². The fraction of sp³-hybridized carbons (Fsp3) is 0.500. The second kappa shape index (κ2) is 4.18. The molecule has 1 nitrogen and oxygen atoms in total. The molecular weight excluding hydrogens is 184 g/mol. The van der Waals surface area contributed by atoms with E-state index in [1.54, 1.807) is 13.0 Å². The minimum Gasteiger partial charge on any atom is -0.295 e. The Labute approximate surface area is 92.6 Å². The van der Waals surface area contributed by atoms with Gasteiger partial charge in [-0.1, -0.05) is 39.0 Å². The van der Waals surface area contributed by atoms with E-state index in [0.717, 1.165) is 0 Å². The van der Waals surface area contributed by atoms with E-state index in [9.17, 15) is 4.79 Å². The summed E-state index contributed by atoms with van der Waals surface area (Å²) in [7, 11) is 0. The fourth-order valence-electron chi connectivity index (χ4n) is 1.92. The lowest BCUT2D eigenvalue weighted by Gasteiger charge is -2.35. The Bertz CT molecular complexity index is 354. The molecule has 0 fully saturated rings. The molecule has 0 aromatic heterocycles. The minimum atomic E-state index is 0.105. The van der Waals surface area contributed by atoms with Gasteiger partial charge in [-0.2, -0.15) is 0 Å². The molecule has 1 atom stereocenters. The Kier molecular flexibility index (Phi) is 3.33. The van der Waals surface area contributed by atoms with Crippen LogP contribution in [0.15, 0.2) is 35.5 Å². The molecule has 0 N–H and O–H groups in total. The van der Waals surface area contributed by atoms with Crippen molar-refractivity contribution in [2.45, 2.75) is 34.6 Å². The van der Waals surface area contributed by atoms with Crippen LogP contribution in [-0.2, 0) is 4.79 Å². The van der Waals surface area contributed by atoms with Crippen LogP contribution in [0.5, 0.6) is 0 Å². The van der Waals surface area contributed by atoms with Gasteiger partial charge in [-0.25, -0.2) is 0 Å². The smallest absolute Gasteiger partial charge is 0.152 e. The van der Waals surface area contributed by atoms with E-state index in [1.807, 2.05) is 6.08 Å². The zero-order valence-corrected chi connectivity index (χ0v) is 10.3. The number of carbonyl (C=O) groups excluding carboxylic acids is 1. The molecule has 1 aliphatic rings. The van der Waals surface area contributed by atoms with E-state index in [-0.39, 0.29) is 11.2 Å². The van der Waals surface area contributed by atoms with Gasteiger partial charge in [0.25, 0.3) is 0 Å². The molecule has 82 valence electrons. The zero-order valence-electron chi connectivity index (χ0n) is 10.3. The number of rotatable bonds is 2. The first-order valence-corrected chi connectivity index (χ1v) is 5.44. The molecule has 0 aliphatic heterocycles. The van der Waals surface area contributed by atoms with Crippen molar-refractivity contribution in [2.75, 3.05) is 0 Å². The topological polar surface area (TPSA) is 17.1 Å². The second-order valence-corrected chi connectivity index (χ2v) is 4.91. The summed E-state index contributed by atoms with van der Waals surface area (Å²) in [5.41, 5.74) is 2.65. The first-order chi connectivity index (χ1) is 6.85. The van der Waals surface area contributed by atoms with Crippen molar-refractivity contribution < 1.29 is 4.79 Å². The summed E-state index contributed by atoms with van der Waals surface area (Å²) < 4.78 is 0. The molecule has 1 unspecified atom stereocenters. The van der Waals surface area contributed by atoms with E-state index >= 15 is 0 Å². The van der Waals surface area contributed by atoms with Crippen LogP contribution >= 0.6 is 0 Å². The first kappa shape index (κ1) is 12.0. The maximum atomic E-state index is 11.0. The van der Waals surface area contributed by atoms with Gasteiger partial charge in [-0.15, -0.1) is 0 Å². The summed E-state index contributed by atoms with van der Waals surface area (Å²) in [6.45, 7) is 10.4. The maximum absolute atomic E-state index is 11.0. The van der Waals surface area contributed by atoms with Gasteiger partial charge in [0.2, 0.25) is 0 Å². The Balaban J connectivity index is 3.11. The van der Waals surface area contributed by atoms with E-state index in [0.29, 0.717) is 5.92 Å². The third-order valence-corrected chi connectivity index (χ3v) is 3.38. The standard InChI is InChI=1S/C14H20O/c1-10-6-7-11(2)14(4,5)13(10)9-8-12(3)15/h6-9,11H,1-5H3. The molecular formula is C14H20O.